The topological polar surface area (TPSA) is 70.6 Å². The van der Waals surface area contributed by atoms with Crippen molar-refractivity contribution in [3.05, 3.63) is 34.2 Å². The maximum Gasteiger partial charge on any atom is 0.410 e. The molecule has 2 fully saturated rings. The second-order valence-electron chi connectivity index (χ2n) is 8.69. The molecule has 0 radical (unpaired) electrons. The minimum absolute atomic E-state index is 0.0229. The third-order valence-electron chi connectivity index (χ3n) is 6.62. The van der Waals surface area contributed by atoms with E-state index in [-0.39, 0.29) is 30.0 Å². The lowest BCUT2D eigenvalue weighted by molar-refractivity contribution is 0.0650. The monoisotopic (exact) mass is 410 g/mol. The third-order valence-corrected chi connectivity index (χ3v) is 6.62. The van der Waals surface area contributed by atoms with Crippen LogP contribution >= 0.6 is 0 Å². The molecule has 3 heterocycles. The number of benzene rings is 1. The van der Waals surface area contributed by atoms with Gasteiger partial charge in [0.05, 0.1) is 11.0 Å². The first kappa shape index (κ1) is 20.5. The lowest BCUT2D eigenvalue weighted by Crippen LogP contribution is -2.52. The molecule has 7 nitrogen and oxygen atoms in total. The van der Waals surface area contributed by atoms with Crippen LogP contribution in [0.15, 0.2) is 23.0 Å². The van der Waals surface area contributed by atoms with E-state index in [1.165, 1.54) is 0 Å². The van der Waals surface area contributed by atoms with Crippen LogP contribution in [-0.2, 0) is 4.74 Å². The van der Waals surface area contributed by atoms with Crippen molar-refractivity contribution in [2.24, 2.45) is 0 Å². The fourth-order valence-electron chi connectivity index (χ4n) is 4.88. The Labute approximate surface area is 177 Å². The number of H-pyrrole nitrogens is 1. The van der Waals surface area contributed by atoms with Crippen LogP contribution in [0.3, 0.4) is 0 Å². The second kappa shape index (κ2) is 8.19. The smallest absolute Gasteiger partial charge is 0.410 e. The fourth-order valence-corrected chi connectivity index (χ4v) is 4.88. The average molecular weight is 411 g/mol. The summed E-state index contributed by atoms with van der Waals surface area (Å²) in [7, 11) is 0. The van der Waals surface area contributed by atoms with Crippen LogP contribution in [0.2, 0.25) is 0 Å². The first-order chi connectivity index (χ1) is 14.4. The van der Waals surface area contributed by atoms with Gasteiger partial charge in [0.2, 0.25) is 0 Å². The minimum atomic E-state index is -0.280. The highest BCUT2D eigenvalue weighted by molar-refractivity contribution is 5.76. The Morgan fingerprint density at radius 1 is 1.30 bits per heavy atom. The number of amides is 1. The lowest BCUT2D eigenvalue weighted by Gasteiger charge is -2.43. The van der Waals surface area contributed by atoms with Crippen molar-refractivity contribution in [1.29, 1.82) is 0 Å². The summed E-state index contributed by atoms with van der Waals surface area (Å²) in [6.07, 6.45) is 2.50. The predicted molar refractivity (Wildman–Crippen MR) is 117 cm³/mol. The molecule has 0 aliphatic carbocycles. The molecule has 1 amide bonds. The molecule has 30 heavy (non-hydrogen) atoms. The molecule has 2 aromatic rings. The number of nitrogens with one attached hydrogen (secondary N) is 1. The Kier molecular flexibility index (Phi) is 5.61. The number of hydrogen-bond donors (Lipinski definition) is 1. The summed E-state index contributed by atoms with van der Waals surface area (Å²) in [6.45, 7) is 9.36. The van der Waals surface area contributed by atoms with E-state index in [0.29, 0.717) is 13.1 Å². The average Bonchev–Trinajstić information content (AvgIpc) is 3.28. The van der Waals surface area contributed by atoms with Crippen molar-refractivity contribution in [2.75, 3.05) is 32.8 Å². The molecule has 1 unspecified atom stereocenters. The van der Waals surface area contributed by atoms with Crippen molar-refractivity contribution in [1.82, 2.24) is 19.4 Å². The normalized spacial score (nSPS) is 22.8. The zero-order valence-corrected chi connectivity index (χ0v) is 18.0. The van der Waals surface area contributed by atoms with E-state index in [2.05, 4.69) is 41.6 Å². The Bertz CT molecular complexity index is 1050. The maximum atomic E-state index is 12.6. The molecule has 2 aliphatic rings. The van der Waals surface area contributed by atoms with Crippen LogP contribution in [0.4, 0.5) is 4.79 Å². The molecule has 1 aromatic heterocycles. The van der Waals surface area contributed by atoms with Gasteiger partial charge in [0, 0.05) is 37.8 Å². The number of ether oxygens (including phenoxy) is 1. The number of aromatic amines is 1. The number of nitrogens with zero attached hydrogens (tertiary/aromatic N) is 3. The van der Waals surface area contributed by atoms with Gasteiger partial charge in [-0.1, -0.05) is 12.0 Å². The van der Waals surface area contributed by atoms with Crippen LogP contribution in [0.5, 0.6) is 0 Å². The number of carbonyl (C=O) groups excluding carboxylic acids is 1. The Morgan fingerprint density at radius 3 is 2.80 bits per heavy atom. The minimum Gasteiger partial charge on any atom is -0.436 e. The Balaban J connectivity index is 1.41. The highest BCUT2D eigenvalue weighted by Gasteiger charge is 2.42. The Morgan fingerprint density at radius 2 is 2.07 bits per heavy atom. The van der Waals surface area contributed by atoms with E-state index in [4.69, 9.17) is 4.74 Å². The molecule has 7 heteroatoms. The van der Waals surface area contributed by atoms with Crippen molar-refractivity contribution in [3.63, 3.8) is 0 Å². The number of aromatic nitrogens is 2. The number of fused-ring (bicyclic) bond motifs is 1. The summed E-state index contributed by atoms with van der Waals surface area (Å²) >= 11 is 0. The van der Waals surface area contributed by atoms with Crippen LogP contribution in [0, 0.1) is 18.8 Å². The van der Waals surface area contributed by atoms with Gasteiger partial charge in [-0.2, -0.15) is 0 Å². The molecule has 0 spiro atoms. The van der Waals surface area contributed by atoms with Gasteiger partial charge in [-0.05, 0) is 57.7 Å². The molecule has 2 aliphatic heterocycles. The highest BCUT2D eigenvalue weighted by atomic mass is 16.6. The van der Waals surface area contributed by atoms with Crippen molar-refractivity contribution < 1.29 is 9.53 Å². The van der Waals surface area contributed by atoms with E-state index in [1.54, 1.807) is 11.8 Å². The summed E-state index contributed by atoms with van der Waals surface area (Å²) in [5, 5.41) is 0. The van der Waals surface area contributed by atoms with Gasteiger partial charge in [0.25, 0.3) is 0 Å². The molecular weight excluding hydrogens is 380 g/mol. The van der Waals surface area contributed by atoms with Crippen LogP contribution in [0.1, 0.15) is 44.7 Å². The van der Waals surface area contributed by atoms with Crippen LogP contribution in [-0.4, -0.2) is 63.8 Å². The highest BCUT2D eigenvalue weighted by Crippen LogP contribution is 2.34. The summed E-state index contributed by atoms with van der Waals surface area (Å²) in [6, 6.07) is 6.29. The van der Waals surface area contributed by atoms with E-state index < -0.39 is 0 Å². The van der Waals surface area contributed by atoms with Gasteiger partial charge in [-0.15, -0.1) is 5.92 Å². The van der Waals surface area contributed by atoms with Crippen molar-refractivity contribution in [2.45, 2.75) is 51.6 Å². The molecule has 0 bridgehead atoms. The predicted octanol–water partition coefficient (Wildman–Crippen LogP) is 2.90. The molecule has 160 valence electrons. The number of aryl methyl sites for hydroxylation is 1. The quantitative estimate of drug-likeness (QED) is 0.790. The zero-order valence-electron chi connectivity index (χ0n) is 18.0. The van der Waals surface area contributed by atoms with E-state index in [0.717, 1.165) is 48.9 Å². The maximum absolute atomic E-state index is 12.6. The first-order valence-corrected chi connectivity index (χ1v) is 10.7. The number of imidazole rings is 1. The van der Waals surface area contributed by atoms with Gasteiger partial charge in [-0.25, -0.2) is 9.59 Å². The van der Waals surface area contributed by atoms with Crippen molar-refractivity contribution in [3.8, 4) is 11.8 Å². The molecule has 4 rings (SSSR count). The summed E-state index contributed by atoms with van der Waals surface area (Å²) < 4.78 is 7.17. The molecule has 1 atom stereocenters. The number of hydrogen-bond acceptors (Lipinski definition) is 4. The Hall–Kier alpha value is -2.72. The fraction of sp³-hybridized carbons (Fsp3) is 0.565. The lowest BCUT2D eigenvalue weighted by atomic mass is 9.93. The first-order valence-electron chi connectivity index (χ1n) is 10.7. The van der Waals surface area contributed by atoms with Gasteiger partial charge in [0.1, 0.15) is 0 Å². The van der Waals surface area contributed by atoms with Gasteiger partial charge in [-0.3, -0.25) is 9.47 Å². The largest absolute Gasteiger partial charge is 0.436 e. The van der Waals surface area contributed by atoms with Gasteiger partial charge < -0.3 is 14.6 Å². The SMILES string of the molecule is CC#CCOC(=O)N1CCC(C)(N2CCC(n3c(=O)[nH]c4ccc(C)cc43)CC2)C1. The molecule has 1 N–H and O–H groups in total. The number of piperidine rings is 1. The summed E-state index contributed by atoms with van der Waals surface area (Å²) in [4.78, 5) is 32.1. The summed E-state index contributed by atoms with van der Waals surface area (Å²) in [5.74, 6) is 5.50. The summed E-state index contributed by atoms with van der Waals surface area (Å²) in [5.41, 5.74) is 2.97. The molecule has 1 aromatic carbocycles. The molecular formula is C23H30N4O3. The number of rotatable bonds is 3. The molecule has 0 saturated carbocycles. The number of likely N-dealkylation sites (tertiary alicyclic amines) is 2. The standard InChI is InChI=1S/C23H30N4O3/c1-4-5-14-30-22(29)25-13-10-23(3,16-25)26-11-8-18(9-12-26)27-20-15-17(2)6-7-19(20)24-21(27)28/h6-7,15,18H,8-14,16H2,1-3H3,(H,24,28). The van der Waals surface area contributed by atoms with Crippen LogP contribution in [0.25, 0.3) is 11.0 Å². The van der Waals surface area contributed by atoms with E-state index in [1.807, 2.05) is 16.7 Å². The molecule has 2 saturated heterocycles. The third kappa shape index (κ3) is 3.84. The zero-order chi connectivity index (χ0) is 21.3. The van der Waals surface area contributed by atoms with Crippen LogP contribution < -0.4 is 5.69 Å². The van der Waals surface area contributed by atoms with Gasteiger partial charge >= 0.3 is 11.8 Å². The van der Waals surface area contributed by atoms with Gasteiger partial charge in [0.15, 0.2) is 6.61 Å². The van der Waals surface area contributed by atoms with Crippen molar-refractivity contribution >= 4 is 17.1 Å². The van der Waals surface area contributed by atoms with E-state index in [9.17, 15) is 9.59 Å². The number of carbonyl (C=O) groups is 1. The second-order valence-corrected chi connectivity index (χ2v) is 8.69. The van der Waals surface area contributed by atoms with E-state index >= 15 is 0 Å².